The highest BCUT2D eigenvalue weighted by Gasteiger charge is 2.41. The smallest absolute Gasteiger partial charge is 0.475 e. The molecule has 2 saturated heterocycles. The van der Waals surface area contributed by atoms with Gasteiger partial charge < -0.3 is 10.0 Å². The minimum atomic E-state index is -5.08. The molecule has 2 aliphatic heterocycles. The topological polar surface area (TPSA) is 56.7 Å². The highest BCUT2D eigenvalue weighted by atomic mass is 32.1. The quantitative estimate of drug-likeness (QED) is 0.775. The fraction of sp³-hybridized carbons (Fsp3) is 0.789. The molecule has 1 unspecified atom stereocenters. The van der Waals surface area contributed by atoms with Crippen molar-refractivity contribution in [2.75, 3.05) is 32.7 Å². The van der Waals surface area contributed by atoms with Gasteiger partial charge in [-0.3, -0.25) is 4.90 Å². The van der Waals surface area contributed by atoms with E-state index in [1.54, 1.807) is 11.3 Å². The summed E-state index contributed by atoms with van der Waals surface area (Å²) in [5, 5.41) is 10.5. The van der Waals surface area contributed by atoms with E-state index in [2.05, 4.69) is 34.0 Å². The lowest BCUT2D eigenvalue weighted by molar-refractivity contribution is -0.192. The fourth-order valence-electron chi connectivity index (χ4n) is 3.96. The van der Waals surface area contributed by atoms with Crippen LogP contribution in [0.4, 0.5) is 13.2 Å². The van der Waals surface area contributed by atoms with E-state index in [1.807, 2.05) is 6.20 Å². The van der Waals surface area contributed by atoms with Crippen molar-refractivity contribution in [3.05, 3.63) is 16.6 Å². The Morgan fingerprint density at radius 2 is 1.96 bits per heavy atom. The van der Waals surface area contributed by atoms with Gasteiger partial charge in [0, 0.05) is 24.7 Å². The van der Waals surface area contributed by atoms with Crippen molar-refractivity contribution in [3.63, 3.8) is 0 Å². The molecule has 0 radical (unpaired) electrons. The number of aromatic nitrogens is 1. The van der Waals surface area contributed by atoms with Crippen LogP contribution in [0.25, 0.3) is 0 Å². The largest absolute Gasteiger partial charge is 0.490 e. The lowest BCUT2D eigenvalue weighted by Gasteiger charge is -2.40. The maximum Gasteiger partial charge on any atom is 0.490 e. The van der Waals surface area contributed by atoms with Crippen molar-refractivity contribution >= 4 is 17.3 Å². The first-order chi connectivity index (χ1) is 13.1. The van der Waals surface area contributed by atoms with Crippen LogP contribution in [0.5, 0.6) is 0 Å². The zero-order valence-corrected chi connectivity index (χ0v) is 17.4. The summed E-state index contributed by atoms with van der Waals surface area (Å²) in [5.41, 5.74) is 0.576. The molecule has 160 valence electrons. The minimum Gasteiger partial charge on any atom is -0.475 e. The maximum absolute atomic E-state index is 10.6. The normalized spacial score (nSPS) is 23.8. The van der Waals surface area contributed by atoms with Gasteiger partial charge in [0.05, 0.1) is 6.54 Å². The molecule has 2 fully saturated rings. The van der Waals surface area contributed by atoms with Gasteiger partial charge in [0.2, 0.25) is 0 Å². The molecular weight excluding hydrogens is 391 g/mol. The molecule has 1 aromatic rings. The molecule has 3 rings (SSSR count). The number of carboxylic acids is 1. The second kappa shape index (κ2) is 10.0. The van der Waals surface area contributed by atoms with Crippen LogP contribution < -0.4 is 0 Å². The number of aliphatic carboxylic acids is 1. The van der Waals surface area contributed by atoms with Gasteiger partial charge in [-0.25, -0.2) is 9.78 Å². The van der Waals surface area contributed by atoms with Crippen molar-refractivity contribution in [2.24, 2.45) is 11.3 Å². The summed E-state index contributed by atoms with van der Waals surface area (Å²) in [5.74, 6) is -1.93. The Bertz CT molecular complexity index is 610. The summed E-state index contributed by atoms with van der Waals surface area (Å²) in [6.07, 6.45) is 2.39. The maximum atomic E-state index is 10.6. The monoisotopic (exact) mass is 421 g/mol. The van der Waals surface area contributed by atoms with Gasteiger partial charge in [-0.15, -0.1) is 11.3 Å². The number of halogens is 3. The molecule has 3 heterocycles. The van der Waals surface area contributed by atoms with E-state index in [1.165, 1.54) is 63.4 Å². The summed E-state index contributed by atoms with van der Waals surface area (Å²) in [6.45, 7) is 12.2. The van der Waals surface area contributed by atoms with E-state index in [0.29, 0.717) is 5.41 Å². The second-order valence-corrected chi connectivity index (χ2v) is 9.23. The molecule has 9 heteroatoms. The molecule has 0 bridgehead atoms. The van der Waals surface area contributed by atoms with Gasteiger partial charge in [0.1, 0.15) is 5.01 Å². The van der Waals surface area contributed by atoms with Gasteiger partial charge in [0.25, 0.3) is 0 Å². The molecule has 0 aromatic carbocycles. The van der Waals surface area contributed by atoms with E-state index < -0.39 is 12.1 Å². The molecule has 1 N–H and O–H groups in total. The molecule has 0 saturated carbocycles. The van der Waals surface area contributed by atoms with E-state index in [0.717, 1.165) is 12.5 Å². The number of nitrogens with zero attached hydrogens (tertiary/aromatic N) is 3. The van der Waals surface area contributed by atoms with Crippen LogP contribution in [0.15, 0.2) is 11.6 Å². The number of hydrogen-bond acceptors (Lipinski definition) is 5. The molecule has 5 nitrogen and oxygen atoms in total. The predicted molar refractivity (Wildman–Crippen MR) is 103 cm³/mol. The van der Waals surface area contributed by atoms with Crippen molar-refractivity contribution in [3.8, 4) is 0 Å². The molecule has 0 aliphatic carbocycles. The van der Waals surface area contributed by atoms with Crippen LogP contribution >= 0.6 is 11.3 Å². The van der Waals surface area contributed by atoms with Gasteiger partial charge >= 0.3 is 12.1 Å². The summed E-state index contributed by atoms with van der Waals surface area (Å²) < 4.78 is 31.7. The molecule has 28 heavy (non-hydrogen) atoms. The molecule has 1 spiro atoms. The van der Waals surface area contributed by atoms with E-state index >= 15 is 0 Å². The Hall–Kier alpha value is -1.19. The fourth-order valence-corrected chi connectivity index (χ4v) is 4.62. The number of thiazole rings is 1. The van der Waals surface area contributed by atoms with E-state index in [4.69, 9.17) is 9.90 Å². The molecule has 1 atom stereocenters. The zero-order chi connectivity index (χ0) is 20.8. The summed E-state index contributed by atoms with van der Waals surface area (Å²) >= 11 is 1.80. The van der Waals surface area contributed by atoms with Crippen molar-refractivity contribution < 1.29 is 23.1 Å². The highest BCUT2D eigenvalue weighted by Crippen LogP contribution is 2.39. The third kappa shape index (κ3) is 7.33. The predicted octanol–water partition coefficient (Wildman–Crippen LogP) is 4.11. The van der Waals surface area contributed by atoms with Crippen molar-refractivity contribution in [1.29, 1.82) is 0 Å². The lowest BCUT2D eigenvalue weighted by atomic mass is 9.79. The summed E-state index contributed by atoms with van der Waals surface area (Å²) in [7, 11) is 0. The molecular formula is C19H30F3N3O2S. The Kier molecular flexibility index (Phi) is 8.27. The number of rotatable bonds is 5. The first-order valence-electron chi connectivity index (χ1n) is 9.73. The number of carboxylic acid groups (broad SMARTS) is 1. The second-order valence-electron chi connectivity index (χ2n) is 8.25. The Balaban J connectivity index is 0.000000345. The number of carbonyl (C=O) groups is 1. The van der Waals surface area contributed by atoms with E-state index in [-0.39, 0.29) is 0 Å². The Morgan fingerprint density at radius 1 is 1.29 bits per heavy atom. The summed E-state index contributed by atoms with van der Waals surface area (Å²) in [6, 6.07) is 0. The van der Waals surface area contributed by atoms with Crippen molar-refractivity contribution in [1.82, 2.24) is 14.8 Å². The molecule has 1 aromatic heterocycles. The van der Waals surface area contributed by atoms with Gasteiger partial charge in [-0.1, -0.05) is 13.8 Å². The van der Waals surface area contributed by atoms with Crippen LogP contribution in [-0.4, -0.2) is 64.8 Å². The van der Waals surface area contributed by atoms with Crippen LogP contribution in [0.3, 0.4) is 0 Å². The first-order valence-corrected chi connectivity index (χ1v) is 10.6. The zero-order valence-electron chi connectivity index (χ0n) is 16.5. The lowest BCUT2D eigenvalue weighted by Crippen LogP contribution is -2.44. The van der Waals surface area contributed by atoms with Gasteiger partial charge in [-0.2, -0.15) is 13.2 Å². The summed E-state index contributed by atoms with van der Waals surface area (Å²) in [4.78, 5) is 18.7. The van der Waals surface area contributed by atoms with Crippen LogP contribution in [0.2, 0.25) is 0 Å². The SMILES string of the molecule is CC(C)CCN1CCC2(CCCN(Cc3nccs3)C2)C1.O=C(O)C(F)(F)F. The first kappa shape index (κ1) is 23.1. The third-order valence-electron chi connectivity index (χ3n) is 5.37. The minimum absolute atomic E-state index is 0.576. The Morgan fingerprint density at radius 3 is 2.54 bits per heavy atom. The number of piperidine rings is 1. The standard InChI is InChI=1S/C17H29N3S.C2HF3O2/c1-15(2)4-9-19-10-6-17(13-19)5-3-8-20(14-17)12-16-18-7-11-21-16;3-2(4,5)1(6)7/h7,11,15H,3-6,8-10,12-14H2,1-2H3;(H,6,7). The average Bonchev–Trinajstić information content (AvgIpc) is 3.23. The number of hydrogen-bond donors (Lipinski definition) is 1. The van der Waals surface area contributed by atoms with Crippen LogP contribution in [0.1, 0.15) is 44.5 Å². The molecule has 2 aliphatic rings. The third-order valence-corrected chi connectivity index (χ3v) is 6.13. The Labute approximate surface area is 168 Å². The number of likely N-dealkylation sites (tertiary alicyclic amines) is 2. The van der Waals surface area contributed by atoms with Gasteiger partial charge in [-0.05, 0) is 56.7 Å². The average molecular weight is 422 g/mol. The van der Waals surface area contributed by atoms with Crippen molar-refractivity contribution in [2.45, 2.75) is 52.3 Å². The van der Waals surface area contributed by atoms with Crippen LogP contribution in [0, 0.1) is 11.3 Å². The number of alkyl halides is 3. The van der Waals surface area contributed by atoms with Gasteiger partial charge in [0.15, 0.2) is 0 Å². The molecule has 0 amide bonds. The highest BCUT2D eigenvalue weighted by molar-refractivity contribution is 7.09. The van der Waals surface area contributed by atoms with E-state index in [9.17, 15) is 13.2 Å². The van der Waals surface area contributed by atoms with Crippen LogP contribution in [-0.2, 0) is 11.3 Å².